The molecule has 0 atom stereocenters. The SMILES string of the molecule is CN(Cc1cscn1)CC1(CBr)CCOCC1. The van der Waals surface area contributed by atoms with Crippen molar-refractivity contribution < 1.29 is 4.74 Å². The highest BCUT2D eigenvalue weighted by atomic mass is 79.9. The number of nitrogens with zero attached hydrogens (tertiary/aromatic N) is 2. The Bertz CT molecular complexity index is 325. The van der Waals surface area contributed by atoms with E-state index < -0.39 is 0 Å². The summed E-state index contributed by atoms with van der Waals surface area (Å²) in [5.41, 5.74) is 3.45. The van der Waals surface area contributed by atoms with Crippen molar-refractivity contribution in [3.05, 3.63) is 16.6 Å². The predicted molar refractivity (Wildman–Crippen MR) is 74.7 cm³/mol. The van der Waals surface area contributed by atoms with Crippen LogP contribution in [0.1, 0.15) is 18.5 Å². The summed E-state index contributed by atoms with van der Waals surface area (Å²) in [5.74, 6) is 0. The van der Waals surface area contributed by atoms with Crippen LogP contribution in [0.25, 0.3) is 0 Å². The lowest BCUT2D eigenvalue weighted by molar-refractivity contribution is 0.0109. The van der Waals surface area contributed by atoms with E-state index in [-0.39, 0.29) is 0 Å². The van der Waals surface area contributed by atoms with E-state index in [0.717, 1.165) is 44.5 Å². The zero-order chi connectivity index (χ0) is 12.1. The minimum absolute atomic E-state index is 0.378. The van der Waals surface area contributed by atoms with Gasteiger partial charge in [-0.25, -0.2) is 4.98 Å². The second-order valence-electron chi connectivity index (χ2n) is 4.90. The monoisotopic (exact) mass is 318 g/mol. The fourth-order valence-corrected chi connectivity index (χ4v) is 3.65. The van der Waals surface area contributed by atoms with Crippen molar-refractivity contribution >= 4 is 27.3 Å². The van der Waals surface area contributed by atoms with Crippen LogP contribution in [0.15, 0.2) is 10.9 Å². The van der Waals surface area contributed by atoms with E-state index >= 15 is 0 Å². The molecule has 1 fully saturated rings. The van der Waals surface area contributed by atoms with Crippen molar-refractivity contribution in [2.24, 2.45) is 5.41 Å². The van der Waals surface area contributed by atoms with Gasteiger partial charge in [0.2, 0.25) is 0 Å². The Morgan fingerprint density at radius 1 is 1.53 bits per heavy atom. The van der Waals surface area contributed by atoms with Crippen molar-refractivity contribution in [1.29, 1.82) is 0 Å². The molecule has 0 amide bonds. The minimum atomic E-state index is 0.378. The summed E-state index contributed by atoms with van der Waals surface area (Å²) >= 11 is 5.34. The molecule has 17 heavy (non-hydrogen) atoms. The molecule has 96 valence electrons. The normalized spacial score (nSPS) is 19.7. The van der Waals surface area contributed by atoms with Gasteiger partial charge in [0, 0.05) is 37.0 Å². The first-order valence-electron chi connectivity index (χ1n) is 5.93. The first kappa shape index (κ1) is 13.5. The van der Waals surface area contributed by atoms with E-state index in [1.54, 1.807) is 11.3 Å². The Balaban J connectivity index is 1.89. The second kappa shape index (κ2) is 6.27. The molecule has 0 spiro atoms. The number of hydrogen-bond donors (Lipinski definition) is 0. The zero-order valence-electron chi connectivity index (χ0n) is 10.2. The number of halogens is 1. The summed E-state index contributed by atoms with van der Waals surface area (Å²) in [4.78, 5) is 6.71. The molecule has 1 saturated heterocycles. The molecule has 3 nitrogen and oxygen atoms in total. The highest BCUT2D eigenvalue weighted by molar-refractivity contribution is 9.09. The minimum Gasteiger partial charge on any atom is -0.381 e. The summed E-state index contributed by atoms with van der Waals surface area (Å²) in [6.07, 6.45) is 2.30. The molecule has 2 heterocycles. The molecule has 0 unspecified atom stereocenters. The summed E-state index contributed by atoms with van der Waals surface area (Å²) in [5, 5.41) is 3.19. The Labute approximate surface area is 115 Å². The molecule has 0 aromatic carbocycles. The molecule has 5 heteroatoms. The number of aromatic nitrogens is 1. The van der Waals surface area contributed by atoms with Crippen LogP contribution in [0.4, 0.5) is 0 Å². The molecular formula is C12H19BrN2OS. The molecule has 0 bridgehead atoms. The quantitative estimate of drug-likeness (QED) is 0.781. The average Bonchev–Trinajstić information content (AvgIpc) is 2.83. The van der Waals surface area contributed by atoms with Gasteiger partial charge in [0.1, 0.15) is 0 Å². The zero-order valence-corrected chi connectivity index (χ0v) is 12.6. The van der Waals surface area contributed by atoms with Crippen LogP contribution >= 0.6 is 27.3 Å². The predicted octanol–water partition coefficient (Wildman–Crippen LogP) is 2.77. The Morgan fingerprint density at radius 2 is 2.29 bits per heavy atom. The van der Waals surface area contributed by atoms with E-state index in [9.17, 15) is 0 Å². The first-order valence-corrected chi connectivity index (χ1v) is 8.00. The van der Waals surface area contributed by atoms with Crippen molar-refractivity contribution in [1.82, 2.24) is 9.88 Å². The number of thiazole rings is 1. The molecule has 1 aromatic heterocycles. The second-order valence-corrected chi connectivity index (χ2v) is 6.18. The smallest absolute Gasteiger partial charge is 0.0795 e. The van der Waals surface area contributed by atoms with Crippen LogP contribution in [0.2, 0.25) is 0 Å². The standard InChI is InChI=1S/C12H19BrN2OS/c1-15(6-11-7-17-10-14-11)9-12(8-13)2-4-16-5-3-12/h7,10H,2-6,8-9H2,1H3. The lowest BCUT2D eigenvalue weighted by atomic mass is 9.82. The van der Waals surface area contributed by atoms with Crippen LogP contribution in [0.3, 0.4) is 0 Å². The van der Waals surface area contributed by atoms with Gasteiger partial charge in [-0.1, -0.05) is 15.9 Å². The van der Waals surface area contributed by atoms with Gasteiger partial charge in [0.05, 0.1) is 11.2 Å². The highest BCUT2D eigenvalue weighted by Gasteiger charge is 2.32. The van der Waals surface area contributed by atoms with Gasteiger partial charge in [0.15, 0.2) is 0 Å². The van der Waals surface area contributed by atoms with Crippen LogP contribution in [-0.2, 0) is 11.3 Å². The van der Waals surface area contributed by atoms with Crippen LogP contribution < -0.4 is 0 Å². The Hall–Kier alpha value is 0.0300. The van der Waals surface area contributed by atoms with Gasteiger partial charge >= 0.3 is 0 Å². The number of alkyl halides is 1. The summed E-state index contributed by atoms with van der Waals surface area (Å²) in [6.45, 7) is 3.85. The molecule has 1 aromatic rings. The van der Waals surface area contributed by atoms with Gasteiger partial charge in [-0.2, -0.15) is 0 Å². The molecule has 0 aliphatic carbocycles. The van der Waals surface area contributed by atoms with Gasteiger partial charge in [0.25, 0.3) is 0 Å². The van der Waals surface area contributed by atoms with E-state index in [0.29, 0.717) is 5.41 Å². The summed E-state index contributed by atoms with van der Waals surface area (Å²) < 4.78 is 5.46. The lowest BCUT2D eigenvalue weighted by Gasteiger charge is -2.38. The molecule has 0 radical (unpaired) electrons. The maximum atomic E-state index is 5.46. The number of ether oxygens (including phenoxy) is 1. The summed E-state index contributed by atoms with van der Waals surface area (Å²) in [6, 6.07) is 0. The number of rotatable bonds is 5. The fraction of sp³-hybridized carbons (Fsp3) is 0.750. The van der Waals surface area contributed by atoms with E-state index in [1.807, 2.05) is 5.51 Å². The Morgan fingerprint density at radius 3 is 2.88 bits per heavy atom. The van der Waals surface area contributed by atoms with Crippen molar-refractivity contribution in [2.75, 3.05) is 32.1 Å². The number of hydrogen-bond acceptors (Lipinski definition) is 4. The van der Waals surface area contributed by atoms with E-state index in [2.05, 4.69) is 38.2 Å². The molecule has 1 aliphatic rings. The topological polar surface area (TPSA) is 25.4 Å². The van der Waals surface area contributed by atoms with Gasteiger partial charge in [-0.15, -0.1) is 11.3 Å². The van der Waals surface area contributed by atoms with Gasteiger partial charge in [-0.05, 0) is 25.3 Å². The molecule has 2 rings (SSSR count). The van der Waals surface area contributed by atoms with Gasteiger partial charge < -0.3 is 4.74 Å². The maximum Gasteiger partial charge on any atom is 0.0795 e. The van der Waals surface area contributed by atoms with Crippen LogP contribution in [-0.4, -0.2) is 42.0 Å². The van der Waals surface area contributed by atoms with Crippen molar-refractivity contribution in [2.45, 2.75) is 19.4 Å². The van der Waals surface area contributed by atoms with E-state index in [4.69, 9.17) is 4.74 Å². The van der Waals surface area contributed by atoms with Gasteiger partial charge in [-0.3, -0.25) is 4.90 Å². The average molecular weight is 319 g/mol. The third-order valence-electron chi connectivity index (χ3n) is 3.36. The molecule has 1 aliphatic heterocycles. The lowest BCUT2D eigenvalue weighted by Crippen LogP contribution is -2.41. The maximum absolute atomic E-state index is 5.46. The summed E-state index contributed by atoms with van der Waals surface area (Å²) in [7, 11) is 2.18. The van der Waals surface area contributed by atoms with Crippen LogP contribution in [0.5, 0.6) is 0 Å². The third kappa shape index (κ3) is 3.74. The molecular weight excluding hydrogens is 300 g/mol. The van der Waals surface area contributed by atoms with Crippen molar-refractivity contribution in [3.8, 4) is 0 Å². The highest BCUT2D eigenvalue weighted by Crippen LogP contribution is 2.33. The molecule has 0 saturated carbocycles. The fourth-order valence-electron chi connectivity index (χ4n) is 2.36. The first-order chi connectivity index (χ1) is 8.24. The Kier molecular flexibility index (Phi) is 4.97. The third-order valence-corrected chi connectivity index (χ3v) is 5.18. The largest absolute Gasteiger partial charge is 0.381 e. The molecule has 0 N–H and O–H groups in total. The van der Waals surface area contributed by atoms with E-state index in [1.165, 1.54) is 5.69 Å². The van der Waals surface area contributed by atoms with Crippen molar-refractivity contribution in [3.63, 3.8) is 0 Å². The van der Waals surface area contributed by atoms with Crippen LogP contribution in [0, 0.1) is 5.41 Å².